The van der Waals surface area contributed by atoms with Gasteiger partial charge in [0.15, 0.2) is 0 Å². The van der Waals surface area contributed by atoms with E-state index in [1.165, 1.54) is 17.0 Å². The molecule has 2 aromatic carbocycles. The fourth-order valence-electron chi connectivity index (χ4n) is 3.01. The molecule has 0 aliphatic carbocycles. The highest BCUT2D eigenvalue weighted by atomic mass is 35.5. The van der Waals surface area contributed by atoms with Crippen molar-refractivity contribution in [2.24, 2.45) is 0 Å². The van der Waals surface area contributed by atoms with Gasteiger partial charge in [-0.3, -0.25) is 9.59 Å². The van der Waals surface area contributed by atoms with Crippen LogP contribution >= 0.6 is 11.6 Å². The summed E-state index contributed by atoms with van der Waals surface area (Å²) in [5, 5.41) is 3.03. The van der Waals surface area contributed by atoms with Crippen molar-refractivity contribution in [1.29, 1.82) is 0 Å². The molecule has 0 aromatic heterocycles. The van der Waals surface area contributed by atoms with Crippen LogP contribution in [0.3, 0.4) is 0 Å². The first-order chi connectivity index (χ1) is 12.8. The zero-order chi connectivity index (χ0) is 19.6. The summed E-state index contributed by atoms with van der Waals surface area (Å²) in [5.74, 6) is -0.797. The Bertz CT molecular complexity index is 870. The van der Waals surface area contributed by atoms with Gasteiger partial charge in [0.1, 0.15) is 6.04 Å². The first-order valence-electron chi connectivity index (χ1n) is 8.27. The van der Waals surface area contributed by atoms with Crippen LogP contribution in [-0.2, 0) is 22.2 Å². The van der Waals surface area contributed by atoms with Crippen molar-refractivity contribution in [3.8, 4) is 0 Å². The number of hydrogen-bond acceptors (Lipinski definition) is 2. The molecule has 1 aliphatic rings. The molecule has 1 saturated heterocycles. The van der Waals surface area contributed by atoms with E-state index in [1.54, 1.807) is 24.3 Å². The maximum atomic E-state index is 12.8. The van der Waals surface area contributed by atoms with E-state index < -0.39 is 23.7 Å². The SMILES string of the molecule is O=C(Cc1cccc(C(F)(F)F)c1)NC1CCN(c2ccccc2Cl)C1=O. The summed E-state index contributed by atoms with van der Waals surface area (Å²) in [4.78, 5) is 26.2. The zero-order valence-electron chi connectivity index (χ0n) is 14.1. The Hall–Kier alpha value is -2.54. The smallest absolute Gasteiger partial charge is 0.344 e. The number of para-hydroxylation sites is 1. The fraction of sp³-hybridized carbons (Fsp3) is 0.263. The lowest BCUT2D eigenvalue weighted by Gasteiger charge is -2.18. The molecule has 1 aliphatic heterocycles. The van der Waals surface area contributed by atoms with Crippen molar-refractivity contribution in [3.05, 3.63) is 64.7 Å². The molecule has 142 valence electrons. The van der Waals surface area contributed by atoms with Gasteiger partial charge in [-0.2, -0.15) is 13.2 Å². The van der Waals surface area contributed by atoms with Crippen LogP contribution < -0.4 is 10.2 Å². The van der Waals surface area contributed by atoms with Crippen molar-refractivity contribution in [1.82, 2.24) is 5.32 Å². The van der Waals surface area contributed by atoms with Crippen molar-refractivity contribution in [2.45, 2.75) is 25.1 Å². The molecule has 2 aromatic rings. The molecular formula is C19H16ClF3N2O2. The third kappa shape index (κ3) is 4.42. The Labute approximate surface area is 158 Å². The van der Waals surface area contributed by atoms with Gasteiger partial charge in [-0.1, -0.05) is 41.9 Å². The van der Waals surface area contributed by atoms with Gasteiger partial charge in [0.25, 0.3) is 0 Å². The molecule has 1 atom stereocenters. The summed E-state index contributed by atoms with van der Waals surface area (Å²) in [6, 6.07) is 10.8. The molecule has 0 bridgehead atoms. The van der Waals surface area contributed by atoms with E-state index in [0.717, 1.165) is 12.1 Å². The molecule has 1 unspecified atom stereocenters. The lowest BCUT2D eigenvalue weighted by Crippen LogP contribution is -2.42. The average molecular weight is 397 g/mol. The number of halogens is 4. The first-order valence-corrected chi connectivity index (χ1v) is 8.65. The van der Waals surface area contributed by atoms with E-state index in [9.17, 15) is 22.8 Å². The molecule has 2 amide bonds. The summed E-state index contributed by atoms with van der Waals surface area (Å²) in [7, 11) is 0. The summed E-state index contributed by atoms with van der Waals surface area (Å²) in [6.45, 7) is 0.400. The lowest BCUT2D eigenvalue weighted by atomic mass is 10.1. The number of hydrogen-bond donors (Lipinski definition) is 1. The highest BCUT2D eigenvalue weighted by molar-refractivity contribution is 6.34. The number of nitrogens with one attached hydrogen (secondary N) is 1. The fourth-order valence-corrected chi connectivity index (χ4v) is 3.25. The molecule has 1 fully saturated rings. The Morgan fingerprint density at radius 3 is 2.63 bits per heavy atom. The Kier molecular flexibility index (Phi) is 5.41. The van der Waals surface area contributed by atoms with Gasteiger partial charge >= 0.3 is 6.18 Å². The molecule has 8 heteroatoms. The molecule has 0 saturated carbocycles. The number of rotatable bonds is 4. The lowest BCUT2D eigenvalue weighted by molar-refractivity contribution is -0.137. The van der Waals surface area contributed by atoms with Gasteiger partial charge in [-0.05, 0) is 30.2 Å². The standard InChI is InChI=1S/C19H16ClF3N2O2/c20-14-6-1-2-7-16(14)25-9-8-15(18(25)27)24-17(26)11-12-4-3-5-13(10-12)19(21,22)23/h1-7,10,15H,8-9,11H2,(H,24,26). The second-order valence-corrected chi connectivity index (χ2v) is 6.63. The third-order valence-corrected chi connectivity index (χ3v) is 4.62. The van der Waals surface area contributed by atoms with Crippen molar-refractivity contribution < 1.29 is 22.8 Å². The maximum absolute atomic E-state index is 12.8. The van der Waals surface area contributed by atoms with Crippen molar-refractivity contribution in [2.75, 3.05) is 11.4 Å². The molecule has 1 heterocycles. The quantitative estimate of drug-likeness (QED) is 0.854. The molecule has 27 heavy (non-hydrogen) atoms. The van der Waals surface area contributed by atoms with Gasteiger partial charge in [-0.25, -0.2) is 0 Å². The largest absolute Gasteiger partial charge is 0.416 e. The number of carbonyl (C=O) groups excluding carboxylic acids is 2. The molecule has 4 nitrogen and oxygen atoms in total. The second kappa shape index (κ2) is 7.60. The predicted molar refractivity (Wildman–Crippen MR) is 95.5 cm³/mol. The molecular weight excluding hydrogens is 381 g/mol. The Morgan fingerprint density at radius 2 is 1.93 bits per heavy atom. The zero-order valence-corrected chi connectivity index (χ0v) is 14.8. The van der Waals surface area contributed by atoms with E-state index in [2.05, 4.69) is 5.32 Å². The number of amides is 2. The van der Waals surface area contributed by atoms with Gasteiger partial charge in [0.2, 0.25) is 11.8 Å². The molecule has 0 radical (unpaired) electrons. The summed E-state index contributed by atoms with van der Waals surface area (Å²) < 4.78 is 38.3. The highest BCUT2D eigenvalue weighted by Crippen LogP contribution is 2.30. The van der Waals surface area contributed by atoms with Crippen LogP contribution in [0, 0.1) is 0 Å². The number of carbonyl (C=O) groups is 2. The van der Waals surface area contributed by atoms with Crippen LogP contribution in [0.5, 0.6) is 0 Å². The van der Waals surface area contributed by atoms with Crippen molar-refractivity contribution in [3.63, 3.8) is 0 Å². The predicted octanol–water partition coefficient (Wildman–Crippen LogP) is 3.82. The van der Waals surface area contributed by atoms with E-state index in [-0.39, 0.29) is 17.9 Å². The first kappa shape index (κ1) is 19.2. The number of anilines is 1. The van der Waals surface area contributed by atoms with E-state index in [0.29, 0.717) is 23.7 Å². The minimum atomic E-state index is -4.47. The summed E-state index contributed by atoms with van der Waals surface area (Å²) in [5.41, 5.74) is -0.0100. The van der Waals surface area contributed by atoms with Gasteiger partial charge in [0.05, 0.1) is 22.7 Å². The Morgan fingerprint density at radius 1 is 1.19 bits per heavy atom. The monoisotopic (exact) mass is 396 g/mol. The van der Waals surface area contributed by atoms with Crippen LogP contribution in [0.2, 0.25) is 5.02 Å². The van der Waals surface area contributed by atoms with E-state index >= 15 is 0 Å². The van der Waals surface area contributed by atoms with Crippen LogP contribution in [0.4, 0.5) is 18.9 Å². The third-order valence-electron chi connectivity index (χ3n) is 4.30. The number of alkyl halides is 3. The van der Waals surface area contributed by atoms with Crippen molar-refractivity contribution >= 4 is 29.1 Å². The topological polar surface area (TPSA) is 49.4 Å². The summed E-state index contributed by atoms with van der Waals surface area (Å²) >= 11 is 6.11. The second-order valence-electron chi connectivity index (χ2n) is 6.22. The van der Waals surface area contributed by atoms with E-state index in [4.69, 9.17) is 11.6 Å². The van der Waals surface area contributed by atoms with Crippen LogP contribution in [-0.4, -0.2) is 24.4 Å². The normalized spacial score (nSPS) is 17.3. The Balaban J connectivity index is 1.64. The average Bonchev–Trinajstić information content (AvgIpc) is 2.95. The molecule has 0 spiro atoms. The minimum absolute atomic E-state index is 0.232. The van der Waals surface area contributed by atoms with Crippen LogP contribution in [0.15, 0.2) is 48.5 Å². The van der Waals surface area contributed by atoms with Crippen LogP contribution in [0.25, 0.3) is 0 Å². The summed E-state index contributed by atoms with van der Waals surface area (Å²) in [6.07, 6.45) is -4.30. The maximum Gasteiger partial charge on any atom is 0.416 e. The van der Waals surface area contributed by atoms with Gasteiger partial charge < -0.3 is 10.2 Å². The highest BCUT2D eigenvalue weighted by Gasteiger charge is 2.34. The van der Waals surface area contributed by atoms with Gasteiger partial charge in [-0.15, -0.1) is 0 Å². The molecule has 3 rings (SSSR count). The van der Waals surface area contributed by atoms with E-state index in [1.807, 2.05) is 0 Å². The van der Waals surface area contributed by atoms with Crippen LogP contribution in [0.1, 0.15) is 17.5 Å². The number of nitrogens with zero attached hydrogens (tertiary/aromatic N) is 1. The minimum Gasteiger partial charge on any atom is -0.344 e. The van der Waals surface area contributed by atoms with Gasteiger partial charge in [0, 0.05) is 6.54 Å². The molecule has 1 N–H and O–H groups in total. The number of benzene rings is 2.